The lowest BCUT2D eigenvalue weighted by Crippen LogP contribution is -2.26. The van der Waals surface area contributed by atoms with Gasteiger partial charge >= 0.3 is 0 Å². The Bertz CT molecular complexity index is 711. The van der Waals surface area contributed by atoms with Crippen LogP contribution < -0.4 is 4.74 Å². The van der Waals surface area contributed by atoms with Crippen LogP contribution in [0.5, 0.6) is 11.5 Å². The standard InChI is InChI=1S/C24H34O2/c1-6-7-8-9-12-24(4,5)18-14-21(25)23-20-13-16(2)10-11-19(20)17(3)26-22(23)15-18/h13-15,19-20,25H,3,6-12H2,1-2,4-5H3. The fourth-order valence-electron chi connectivity index (χ4n) is 4.49. The van der Waals surface area contributed by atoms with Crippen molar-refractivity contribution in [3.8, 4) is 11.5 Å². The first-order valence-corrected chi connectivity index (χ1v) is 10.2. The molecule has 0 radical (unpaired) electrons. The Morgan fingerprint density at radius 1 is 1.23 bits per heavy atom. The van der Waals surface area contributed by atoms with E-state index < -0.39 is 0 Å². The number of unbranched alkanes of at least 4 members (excludes halogenated alkanes) is 3. The summed E-state index contributed by atoms with van der Waals surface area (Å²) in [5.74, 6) is 2.52. The van der Waals surface area contributed by atoms with Gasteiger partial charge in [0.05, 0.1) is 0 Å². The molecule has 1 aromatic carbocycles. The van der Waals surface area contributed by atoms with E-state index in [0.717, 1.165) is 41.9 Å². The van der Waals surface area contributed by atoms with Crippen molar-refractivity contribution in [1.82, 2.24) is 0 Å². The second-order valence-corrected chi connectivity index (χ2v) is 8.85. The lowest BCUT2D eigenvalue weighted by Gasteiger charge is -2.38. The molecule has 0 bridgehead atoms. The number of fused-ring (bicyclic) bond motifs is 3. The maximum absolute atomic E-state index is 10.9. The van der Waals surface area contributed by atoms with E-state index in [1.807, 2.05) is 6.07 Å². The molecule has 1 N–H and O–H groups in total. The third-order valence-corrected chi connectivity index (χ3v) is 6.29. The fraction of sp³-hybridized carbons (Fsp3) is 0.583. The number of benzene rings is 1. The normalized spacial score (nSPS) is 22.3. The van der Waals surface area contributed by atoms with Crippen molar-refractivity contribution in [1.29, 1.82) is 0 Å². The third kappa shape index (κ3) is 3.70. The number of rotatable bonds is 6. The van der Waals surface area contributed by atoms with Crippen LogP contribution in [-0.2, 0) is 5.41 Å². The fourth-order valence-corrected chi connectivity index (χ4v) is 4.49. The highest BCUT2D eigenvalue weighted by atomic mass is 16.5. The summed E-state index contributed by atoms with van der Waals surface area (Å²) in [6, 6.07) is 4.12. The molecule has 0 spiro atoms. The lowest BCUT2D eigenvalue weighted by molar-refractivity contribution is 0.274. The monoisotopic (exact) mass is 354 g/mol. The molecule has 1 heterocycles. The van der Waals surface area contributed by atoms with Crippen molar-refractivity contribution in [2.75, 3.05) is 0 Å². The smallest absolute Gasteiger partial charge is 0.134 e. The summed E-state index contributed by atoms with van der Waals surface area (Å²) in [5, 5.41) is 10.9. The van der Waals surface area contributed by atoms with E-state index in [1.165, 1.54) is 31.3 Å². The molecule has 2 nitrogen and oxygen atoms in total. The first-order chi connectivity index (χ1) is 12.3. The molecule has 1 aromatic rings. The Labute approximate surface area is 159 Å². The first kappa shape index (κ1) is 19.1. The predicted molar refractivity (Wildman–Crippen MR) is 109 cm³/mol. The van der Waals surface area contributed by atoms with Crippen molar-refractivity contribution in [2.24, 2.45) is 5.92 Å². The Hall–Kier alpha value is -1.70. The summed E-state index contributed by atoms with van der Waals surface area (Å²) in [6.07, 6.45) is 10.6. The average molecular weight is 355 g/mol. The summed E-state index contributed by atoms with van der Waals surface area (Å²) in [6.45, 7) is 13.1. The van der Waals surface area contributed by atoms with E-state index in [2.05, 4.69) is 46.4 Å². The van der Waals surface area contributed by atoms with E-state index in [-0.39, 0.29) is 17.3 Å². The van der Waals surface area contributed by atoms with Crippen molar-refractivity contribution < 1.29 is 9.84 Å². The van der Waals surface area contributed by atoms with Gasteiger partial charge in [-0.05, 0) is 49.3 Å². The summed E-state index contributed by atoms with van der Waals surface area (Å²) in [7, 11) is 0. The molecule has 26 heavy (non-hydrogen) atoms. The Kier molecular flexibility index (Phi) is 5.50. The van der Waals surface area contributed by atoms with Crippen LogP contribution in [0.1, 0.15) is 89.7 Å². The molecule has 0 saturated carbocycles. The van der Waals surface area contributed by atoms with Crippen LogP contribution in [0.25, 0.3) is 0 Å². The minimum absolute atomic E-state index is 0.0279. The van der Waals surface area contributed by atoms with Gasteiger partial charge in [-0.1, -0.05) is 64.7 Å². The van der Waals surface area contributed by atoms with Gasteiger partial charge in [-0.3, -0.25) is 0 Å². The zero-order valence-corrected chi connectivity index (χ0v) is 16.9. The van der Waals surface area contributed by atoms with E-state index in [9.17, 15) is 5.11 Å². The van der Waals surface area contributed by atoms with Gasteiger partial charge in [0.2, 0.25) is 0 Å². The van der Waals surface area contributed by atoms with E-state index in [0.29, 0.717) is 5.75 Å². The number of phenols is 1. The maximum Gasteiger partial charge on any atom is 0.134 e. The van der Waals surface area contributed by atoms with Gasteiger partial charge in [-0.2, -0.15) is 0 Å². The van der Waals surface area contributed by atoms with Crippen LogP contribution in [0.4, 0.5) is 0 Å². The van der Waals surface area contributed by atoms with Crippen LogP contribution in [-0.4, -0.2) is 5.11 Å². The second kappa shape index (κ2) is 7.50. The van der Waals surface area contributed by atoms with Gasteiger partial charge < -0.3 is 9.84 Å². The molecule has 2 aliphatic rings. The van der Waals surface area contributed by atoms with Crippen molar-refractivity contribution in [3.63, 3.8) is 0 Å². The highest BCUT2D eigenvalue weighted by Gasteiger charge is 2.37. The molecule has 1 aliphatic heterocycles. The Morgan fingerprint density at radius 3 is 2.73 bits per heavy atom. The third-order valence-electron chi connectivity index (χ3n) is 6.29. The summed E-state index contributed by atoms with van der Waals surface area (Å²) >= 11 is 0. The molecule has 2 unspecified atom stereocenters. The summed E-state index contributed by atoms with van der Waals surface area (Å²) in [5.41, 5.74) is 3.53. The molecular weight excluding hydrogens is 320 g/mol. The molecule has 3 rings (SSSR count). The Morgan fingerprint density at radius 2 is 2.00 bits per heavy atom. The summed E-state index contributed by atoms with van der Waals surface area (Å²) in [4.78, 5) is 0. The van der Waals surface area contributed by atoms with Crippen molar-refractivity contribution >= 4 is 0 Å². The number of aromatic hydroxyl groups is 1. The average Bonchev–Trinajstić information content (AvgIpc) is 2.58. The van der Waals surface area contributed by atoms with E-state index in [4.69, 9.17) is 4.74 Å². The van der Waals surface area contributed by atoms with Crippen LogP contribution in [0.2, 0.25) is 0 Å². The number of hydrogen-bond donors (Lipinski definition) is 1. The molecule has 2 heteroatoms. The number of hydrogen-bond acceptors (Lipinski definition) is 2. The lowest BCUT2D eigenvalue weighted by atomic mass is 9.73. The molecule has 0 saturated heterocycles. The van der Waals surface area contributed by atoms with Crippen LogP contribution in [0.15, 0.2) is 36.1 Å². The van der Waals surface area contributed by atoms with Gasteiger partial charge in [0.15, 0.2) is 0 Å². The topological polar surface area (TPSA) is 29.5 Å². The zero-order chi connectivity index (χ0) is 18.9. The van der Waals surface area contributed by atoms with Crippen LogP contribution >= 0.6 is 0 Å². The van der Waals surface area contributed by atoms with Gasteiger partial charge in [0.25, 0.3) is 0 Å². The van der Waals surface area contributed by atoms with Crippen molar-refractivity contribution in [3.05, 3.63) is 47.2 Å². The SMILES string of the molecule is C=C1Oc2cc(C(C)(C)CCCCCC)cc(O)c2C2C=C(C)CCC12. The van der Waals surface area contributed by atoms with Gasteiger partial charge in [0.1, 0.15) is 17.3 Å². The van der Waals surface area contributed by atoms with Crippen LogP contribution in [0, 0.1) is 5.92 Å². The first-order valence-electron chi connectivity index (χ1n) is 10.2. The van der Waals surface area contributed by atoms with Gasteiger partial charge in [-0.15, -0.1) is 0 Å². The number of allylic oxidation sites excluding steroid dienone is 3. The minimum Gasteiger partial charge on any atom is -0.507 e. The molecule has 2 atom stereocenters. The van der Waals surface area contributed by atoms with Crippen molar-refractivity contribution in [2.45, 2.75) is 84.0 Å². The predicted octanol–water partition coefficient (Wildman–Crippen LogP) is 6.99. The quantitative estimate of drug-likeness (QED) is 0.441. The van der Waals surface area contributed by atoms with Gasteiger partial charge in [0, 0.05) is 17.4 Å². The van der Waals surface area contributed by atoms with E-state index >= 15 is 0 Å². The minimum atomic E-state index is 0.0279. The second-order valence-electron chi connectivity index (χ2n) is 8.85. The molecular formula is C24H34O2. The highest BCUT2D eigenvalue weighted by Crippen LogP contribution is 2.52. The largest absolute Gasteiger partial charge is 0.507 e. The molecule has 1 aliphatic carbocycles. The molecule has 142 valence electrons. The Balaban J connectivity index is 1.91. The maximum atomic E-state index is 10.9. The zero-order valence-electron chi connectivity index (χ0n) is 16.9. The summed E-state index contributed by atoms with van der Waals surface area (Å²) < 4.78 is 6.11. The number of ether oxygens (including phenoxy) is 1. The number of phenolic OH excluding ortho intramolecular Hbond substituents is 1. The molecule has 0 aromatic heterocycles. The van der Waals surface area contributed by atoms with Gasteiger partial charge in [-0.25, -0.2) is 0 Å². The molecule has 0 fully saturated rings. The highest BCUT2D eigenvalue weighted by molar-refractivity contribution is 5.55. The van der Waals surface area contributed by atoms with E-state index in [1.54, 1.807) is 0 Å². The van der Waals surface area contributed by atoms with Crippen LogP contribution in [0.3, 0.4) is 0 Å². The molecule has 0 amide bonds.